The zero-order valence-corrected chi connectivity index (χ0v) is 31.1. The normalized spacial score (nSPS) is 18.3. The number of allylic oxidation sites excluding steroid dienone is 4. The lowest BCUT2D eigenvalue weighted by molar-refractivity contribution is 0.374. The van der Waals surface area contributed by atoms with Crippen molar-refractivity contribution in [2.45, 2.75) is 11.3 Å². The molecule has 3 atom stereocenters. The Morgan fingerprint density at radius 3 is 1.75 bits per heavy atom. The summed E-state index contributed by atoms with van der Waals surface area (Å²) in [5.74, 6) is 2.86. The summed E-state index contributed by atoms with van der Waals surface area (Å²) in [5, 5.41) is 0. The van der Waals surface area contributed by atoms with E-state index < -0.39 is 5.41 Å². The predicted octanol–water partition coefficient (Wildman–Crippen LogP) is 12.7. The highest BCUT2D eigenvalue weighted by atomic mass is 16.5. The summed E-state index contributed by atoms with van der Waals surface area (Å²) in [5.41, 5.74) is 21.0. The van der Waals surface area contributed by atoms with Crippen LogP contribution in [-0.4, -0.2) is 9.97 Å². The van der Waals surface area contributed by atoms with Crippen molar-refractivity contribution in [1.82, 2.24) is 9.97 Å². The van der Waals surface area contributed by atoms with Crippen LogP contribution in [0.1, 0.15) is 28.2 Å². The molecule has 0 amide bonds. The largest absolute Gasteiger partial charge is 0.457 e. The van der Waals surface area contributed by atoms with E-state index in [2.05, 4.69) is 152 Å². The molecule has 0 radical (unpaired) electrons. The fourth-order valence-corrected chi connectivity index (χ4v) is 9.42. The average molecular weight is 732 g/mol. The Morgan fingerprint density at radius 1 is 0.439 bits per heavy atom. The van der Waals surface area contributed by atoms with Gasteiger partial charge in [0.15, 0.2) is 5.82 Å². The molecule has 7 aromatic carbocycles. The van der Waals surface area contributed by atoms with Gasteiger partial charge in [-0.3, -0.25) is 0 Å². The van der Waals surface area contributed by atoms with Crippen molar-refractivity contribution in [3.63, 3.8) is 0 Å². The molecule has 57 heavy (non-hydrogen) atoms. The minimum absolute atomic E-state index is 0.203. The Bertz CT molecular complexity index is 2860. The van der Waals surface area contributed by atoms with Gasteiger partial charge in [0.05, 0.1) is 16.8 Å². The minimum atomic E-state index is -0.415. The van der Waals surface area contributed by atoms with Gasteiger partial charge < -0.3 is 10.5 Å². The molecule has 1 aromatic heterocycles. The molecule has 4 nitrogen and oxygen atoms in total. The van der Waals surface area contributed by atoms with E-state index in [0.29, 0.717) is 11.5 Å². The van der Waals surface area contributed by atoms with Gasteiger partial charge >= 0.3 is 0 Å². The van der Waals surface area contributed by atoms with Crippen molar-refractivity contribution in [1.29, 1.82) is 0 Å². The number of ether oxygens (including phenoxy) is 1. The van der Waals surface area contributed by atoms with Gasteiger partial charge in [0.25, 0.3) is 0 Å². The lowest BCUT2D eigenvalue weighted by atomic mass is 9.61. The number of nitrogens with zero attached hydrogens (tertiary/aromatic N) is 2. The van der Waals surface area contributed by atoms with Crippen molar-refractivity contribution >= 4 is 5.69 Å². The van der Waals surface area contributed by atoms with Crippen molar-refractivity contribution in [3.8, 4) is 67.7 Å². The van der Waals surface area contributed by atoms with Gasteiger partial charge in [-0.15, -0.1) is 0 Å². The Labute approximate surface area is 332 Å². The second kappa shape index (κ2) is 13.2. The molecule has 4 heteroatoms. The lowest BCUT2D eigenvalue weighted by Crippen LogP contribution is -2.37. The molecular formula is C53H37N3O. The molecule has 0 bridgehead atoms. The molecule has 3 unspecified atom stereocenters. The van der Waals surface area contributed by atoms with Crippen LogP contribution in [-0.2, 0) is 5.41 Å². The molecule has 8 aromatic rings. The van der Waals surface area contributed by atoms with E-state index in [1.54, 1.807) is 0 Å². The van der Waals surface area contributed by atoms with Crippen molar-refractivity contribution in [3.05, 3.63) is 222 Å². The van der Waals surface area contributed by atoms with Crippen LogP contribution in [0.5, 0.6) is 11.5 Å². The van der Waals surface area contributed by atoms with Gasteiger partial charge in [-0.05, 0) is 63.7 Å². The standard InChI is InChI=1S/C53H37N3O/c54-41-26-28-47-51(32-41)57-50-31-39(25-27-46(50)53(47)44-23-9-7-21-42(44)43-22-8-10-24-45(43)53)37-18-11-17-36(29-37)38-19-12-20-40(30-38)49-33-48(34-13-3-1-4-14-34)55-52(56-49)35-15-5-2-6-16-35/h1-33,42,44H,54H2. The summed E-state index contributed by atoms with van der Waals surface area (Å²) < 4.78 is 6.83. The summed E-state index contributed by atoms with van der Waals surface area (Å²) in [4.78, 5) is 10.1. The van der Waals surface area contributed by atoms with Crippen LogP contribution in [0.15, 0.2) is 200 Å². The average Bonchev–Trinajstić information content (AvgIpc) is 3.57. The van der Waals surface area contributed by atoms with Crippen LogP contribution in [0.4, 0.5) is 5.69 Å². The number of aromatic nitrogens is 2. The molecule has 1 aliphatic heterocycles. The Balaban J connectivity index is 0.998. The minimum Gasteiger partial charge on any atom is -0.457 e. The maximum Gasteiger partial charge on any atom is 0.160 e. The number of hydrogen-bond acceptors (Lipinski definition) is 4. The predicted molar refractivity (Wildman–Crippen MR) is 231 cm³/mol. The van der Waals surface area contributed by atoms with Crippen LogP contribution in [0.3, 0.4) is 0 Å². The van der Waals surface area contributed by atoms with Gasteiger partial charge in [0, 0.05) is 51.4 Å². The molecule has 270 valence electrons. The number of anilines is 1. The van der Waals surface area contributed by atoms with Gasteiger partial charge in [-0.25, -0.2) is 9.97 Å². The highest BCUT2D eigenvalue weighted by Crippen LogP contribution is 2.64. The van der Waals surface area contributed by atoms with E-state index in [0.717, 1.165) is 67.4 Å². The number of rotatable bonds is 5. The van der Waals surface area contributed by atoms with E-state index in [9.17, 15) is 0 Å². The quantitative estimate of drug-likeness (QED) is 0.179. The summed E-state index contributed by atoms with van der Waals surface area (Å²) >= 11 is 0. The maximum atomic E-state index is 6.83. The van der Waals surface area contributed by atoms with Gasteiger partial charge in [-0.2, -0.15) is 0 Å². The van der Waals surface area contributed by atoms with Crippen molar-refractivity contribution < 1.29 is 4.74 Å². The molecule has 2 N–H and O–H groups in total. The number of fused-ring (bicyclic) bond motifs is 9. The van der Waals surface area contributed by atoms with E-state index in [1.165, 1.54) is 16.7 Å². The molecule has 0 saturated carbocycles. The van der Waals surface area contributed by atoms with Crippen LogP contribution in [0, 0.1) is 5.92 Å². The topological polar surface area (TPSA) is 61.0 Å². The van der Waals surface area contributed by atoms with Crippen molar-refractivity contribution in [2.75, 3.05) is 5.73 Å². The lowest BCUT2D eigenvalue weighted by Gasteiger charge is -2.43. The van der Waals surface area contributed by atoms with E-state index in [1.807, 2.05) is 48.5 Å². The van der Waals surface area contributed by atoms with Crippen LogP contribution >= 0.6 is 0 Å². The number of nitrogen functional groups attached to an aromatic ring is 1. The first-order chi connectivity index (χ1) is 28.1. The van der Waals surface area contributed by atoms with Crippen LogP contribution in [0.2, 0.25) is 0 Å². The number of nitrogens with two attached hydrogens (primary N) is 1. The molecule has 2 aliphatic carbocycles. The Kier molecular flexibility index (Phi) is 7.65. The van der Waals surface area contributed by atoms with E-state index in [-0.39, 0.29) is 11.8 Å². The molecule has 0 fully saturated rings. The molecule has 1 spiro atoms. The first kappa shape index (κ1) is 33.1. The van der Waals surface area contributed by atoms with E-state index >= 15 is 0 Å². The Hall–Kier alpha value is -7.30. The van der Waals surface area contributed by atoms with Gasteiger partial charge in [-0.1, -0.05) is 164 Å². The van der Waals surface area contributed by atoms with Gasteiger partial charge in [0.1, 0.15) is 11.5 Å². The highest BCUT2D eigenvalue weighted by molar-refractivity contribution is 5.80. The second-order valence-corrected chi connectivity index (χ2v) is 15.1. The summed E-state index contributed by atoms with van der Waals surface area (Å²) in [6.07, 6.45) is 9.13. The fourth-order valence-electron chi connectivity index (χ4n) is 9.42. The third-order valence-corrected chi connectivity index (χ3v) is 12.0. The van der Waals surface area contributed by atoms with E-state index in [4.69, 9.17) is 20.4 Å². The monoisotopic (exact) mass is 731 g/mol. The first-order valence-electron chi connectivity index (χ1n) is 19.5. The SMILES string of the molecule is Nc1ccc2c(c1)Oc1cc(-c3cccc(-c4cccc(-c5cc(-c6ccccc6)nc(-c6ccccc6)n5)c4)c3)ccc1C21c2ccccc2C2C=CC=CC21. The number of benzene rings is 7. The van der Waals surface area contributed by atoms with Gasteiger partial charge in [0.2, 0.25) is 0 Å². The third kappa shape index (κ3) is 5.37. The Morgan fingerprint density at radius 2 is 1.00 bits per heavy atom. The summed E-state index contributed by atoms with van der Waals surface area (Å²) in [6, 6.07) is 61.9. The zero-order valence-electron chi connectivity index (χ0n) is 31.1. The van der Waals surface area contributed by atoms with Crippen LogP contribution < -0.4 is 10.5 Å². The molecule has 3 aliphatic rings. The van der Waals surface area contributed by atoms with Crippen molar-refractivity contribution in [2.24, 2.45) is 5.92 Å². The zero-order chi connectivity index (χ0) is 37.9. The smallest absolute Gasteiger partial charge is 0.160 e. The first-order valence-corrected chi connectivity index (χ1v) is 19.5. The molecule has 11 rings (SSSR count). The number of hydrogen-bond donors (Lipinski definition) is 1. The molecule has 0 saturated heterocycles. The third-order valence-electron chi connectivity index (χ3n) is 12.0. The summed E-state index contributed by atoms with van der Waals surface area (Å²) in [6.45, 7) is 0. The summed E-state index contributed by atoms with van der Waals surface area (Å²) in [7, 11) is 0. The molecule has 2 heterocycles. The second-order valence-electron chi connectivity index (χ2n) is 15.1. The highest BCUT2D eigenvalue weighted by Gasteiger charge is 2.56. The van der Waals surface area contributed by atoms with Crippen LogP contribution in [0.25, 0.3) is 56.2 Å². The fraction of sp³-hybridized carbons (Fsp3) is 0.0566. The molecular weight excluding hydrogens is 695 g/mol. The maximum absolute atomic E-state index is 6.83.